The van der Waals surface area contributed by atoms with Gasteiger partial charge in [-0.15, -0.1) is 0 Å². The maximum atomic E-state index is 10.8. The van der Waals surface area contributed by atoms with E-state index in [4.69, 9.17) is 9.84 Å². The van der Waals surface area contributed by atoms with Gasteiger partial charge in [0.05, 0.1) is 6.54 Å². The van der Waals surface area contributed by atoms with Crippen molar-refractivity contribution in [3.05, 3.63) is 28.7 Å². The number of rotatable bonds is 2. The van der Waals surface area contributed by atoms with Crippen molar-refractivity contribution in [3.63, 3.8) is 0 Å². The van der Waals surface area contributed by atoms with Gasteiger partial charge in [-0.3, -0.25) is 0 Å². The van der Waals surface area contributed by atoms with Crippen LogP contribution in [-0.2, 0) is 0 Å². The highest BCUT2D eigenvalue weighted by Gasteiger charge is 2.31. The zero-order valence-corrected chi connectivity index (χ0v) is 11.2. The Hall–Kier alpha value is -1.27. The predicted octanol–water partition coefficient (Wildman–Crippen LogP) is 1.94. The number of hydrogen-bond acceptors (Lipinski definition) is 3. The molecule has 1 heterocycles. The zero-order valence-electron chi connectivity index (χ0n) is 9.62. The molecule has 2 unspecified atom stereocenters. The summed E-state index contributed by atoms with van der Waals surface area (Å²) in [5, 5.41) is 18.7. The highest BCUT2D eigenvalue weighted by atomic mass is 79.9. The number of ether oxygens (including phenoxy) is 1. The van der Waals surface area contributed by atoms with E-state index in [2.05, 4.69) is 15.9 Å². The minimum absolute atomic E-state index is 0.0938. The smallest absolute Gasteiger partial charge is 0.407 e. The van der Waals surface area contributed by atoms with Crippen molar-refractivity contribution in [1.29, 1.82) is 0 Å². The molecule has 1 fully saturated rings. The number of nitrogens with zero attached hydrogens (tertiary/aromatic N) is 1. The fourth-order valence-electron chi connectivity index (χ4n) is 1.91. The molecule has 2 N–H and O–H groups in total. The van der Waals surface area contributed by atoms with Gasteiger partial charge in [0.25, 0.3) is 0 Å². The molecule has 1 amide bonds. The lowest BCUT2D eigenvalue weighted by Gasteiger charge is -2.34. The number of β-amino-alcohol motifs (C(OH)–C–C–N with tert-alkyl or cyclic N) is 1. The molecule has 0 aliphatic carbocycles. The van der Waals surface area contributed by atoms with E-state index in [0.29, 0.717) is 18.7 Å². The highest BCUT2D eigenvalue weighted by Crippen LogP contribution is 2.21. The lowest BCUT2D eigenvalue weighted by atomic mass is 10.1. The van der Waals surface area contributed by atoms with E-state index < -0.39 is 12.2 Å². The van der Waals surface area contributed by atoms with Crippen LogP contribution in [0.15, 0.2) is 28.7 Å². The summed E-state index contributed by atoms with van der Waals surface area (Å²) in [4.78, 5) is 12.0. The van der Waals surface area contributed by atoms with Gasteiger partial charge in [-0.05, 0) is 24.3 Å². The average Bonchev–Trinajstić information content (AvgIpc) is 2.34. The molecule has 1 aliphatic rings. The van der Waals surface area contributed by atoms with Crippen LogP contribution in [0, 0.1) is 0 Å². The second-order valence-corrected chi connectivity index (χ2v) is 5.11. The molecule has 0 aromatic heterocycles. The van der Waals surface area contributed by atoms with E-state index in [-0.39, 0.29) is 12.6 Å². The number of hydrogen-bond donors (Lipinski definition) is 2. The third kappa shape index (κ3) is 3.14. The monoisotopic (exact) mass is 315 g/mol. The normalized spacial score (nSPS) is 23.8. The number of likely N-dealkylation sites (tertiary alicyclic amines) is 1. The molecule has 2 rings (SSSR count). The van der Waals surface area contributed by atoms with Crippen LogP contribution >= 0.6 is 15.9 Å². The molecule has 1 aliphatic heterocycles. The minimum atomic E-state index is -1.00. The Morgan fingerprint density at radius 1 is 1.39 bits per heavy atom. The fourth-order valence-corrected chi connectivity index (χ4v) is 2.17. The van der Waals surface area contributed by atoms with Gasteiger partial charge in [0.2, 0.25) is 0 Å². The van der Waals surface area contributed by atoms with Gasteiger partial charge in [-0.1, -0.05) is 15.9 Å². The number of piperidine rings is 1. The van der Waals surface area contributed by atoms with Crippen molar-refractivity contribution in [3.8, 4) is 5.75 Å². The molecule has 0 saturated carbocycles. The van der Waals surface area contributed by atoms with Crippen LogP contribution in [0.1, 0.15) is 6.42 Å². The van der Waals surface area contributed by atoms with E-state index in [1.54, 1.807) is 12.1 Å². The molecule has 2 atom stereocenters. The molecule has 5 nitrogen and oxygen atoms in total. The first-order valence-corrected chi connectivity index (χ1v) is 6.43. The maximum Gasteiger partial charge on any atom is 0.407 e. The third-order valence-electron chi connectivity index (χ3n) is 2.89. The first kappa shape index (κ1) is 13.2. The number of carboxylic acid groups (broad SMARTS) is 1. The van der Waals surface area contributed by atoms with Crippen LogP contribution in [0.5, 0.6) is 5.75 Å². The van der Waals surface area contributed by atoms with Gasteiger partial charge >= 0.3 is 6.09 Å². The predicted molar refractivity (Wildman–Crippen MR) is 68.8 cm³/mol. The van der Waals surface area contributed by atoms with E-state index in [9.17, 15) is 9.90 Å². The summed E-state index contributed by atoms with van der Waals surface area (Å²) >= 11 is 3.33. The van der Waals surface area contributed by atoms with Crippen molar-refractivity contribution >= 4 is 22.0 Å². The summed E-state index contributed by atoms with van der Waals surface area (Å²) in [5.41, 5.74) is 0. The molecular formula is C12H14BrNO4. The van der Waals surface area contributed by atoms with Crippen molar-refractivity contribution in [1.82, 2.24) is 4.90 Å². The highest BCUT2D eigenvalue weighted by molar-refractivity contribution is 9.10. The third-order valence-corrected chi connectivity index (χ3v) is 3.42. The van der Waals surface area contributed by atoms with Crippen LogP contribution in [0.3, 0.4) is 0 Å². The molecule has 98 valence electrons. The van der Waals surface area contributed by atoms with Gasteiger partial charge in [0.1, 0.15) is 18.0 Å². The average molecular weight is 316 g/mol. The quantitative estimate of drug-likeness (QED) is 0.875. The van der Waals surface area contributed by atoms with Crippen molar-refractivity contribution in [2.45, 2.75) is 18.6 Å². The Bertz CT molecular complexity index is 423. The maximum absolute atomic E-state index is 10.8. The van der Waals surface area contributed by atoms with Crippen molar-refractivity contribution in [2.24, 2.45) is 0 Å². The molecule has 0 radical (unpaired) electrons. The second-order valence-electron chi connectivity index (χ2n) is 4.19. The number of aliphatic hydroxyl groups is 1. The Balaban J connectivity index is 1.95. The number of carbonyl (C=O) groups is 1. The van der Waals surface area contributed by atoms with Crippen LogP contribution in [0.25, 0.3) is 0 Å². The Labute approximate surface area is 113 Å². The second kappa shape index (κ2) is 5.58. The number of benzene rings is 1. The van der Waals surface area contributed by atoms with Crippen LogP contribution in [0.2, 0.25) is 0 Å². The summed E-state index contributed by atoms with van der Waals surface area (Å²) in [6.07, 6.45) is -1.67. The first-order valence-electron chi connectivity index (χ1n) is 5.64. The fraction of sp³-hybridized carbons (Fsp3) is 0.417. The molecule has 6 heteroatoms. The van der Waals surface area contributed by atoms with Crippen molar-refractivity contribution in [2.75, 3.05) is 13.1 Å². The van der Waals surface area contributed by atoms with Crippen molar-refractivity contribution < 1.29 is 19.7 Å². The van der Waals surface area contributed by atoms with Gasteiger partial charge in [0.15, 0.2) is 0 Å². The molecule has 0 spiro atoms. The molecular weight excluding hydrogens is 302 g/mol. The summed E-state index contributed by atoms with van der Waals surface area (Å²) in [7, 11) is 0. The Morgan fingerprint density at radius 3 is 2.61 bits per heavy atom. The Kier molecular flexibility index (Phi) is 4.08. The van der Waals surface area contributed by atoms with Gasteiger partial charge in [0, 0.05) is 17.4 Å². The lowest BCUT2D eigenvalue weighted by Crippen LogP contribution is -2.50. The lowest BCUT2D eigenvalue weighted by molar-refractivity contribution is -0.0200. The zero-order chi connectivity index (χ0) is 13.1. The topological polar surface area (TPSA) is 70.0 Å². The van der Waals surface area contributed by atoms with Gasteiger partial charge < -0.3 is 19.8 Å². The minimum Gasteiger partial charge on any atom is -0.488 e. The summed E-state index contributed by atoms with van der Waals surface area (Å²) < 4.78 is 6.61. The van der Waals surface area contributed by atoms with Crippen LogP contribution in [0.4, 0.5) is 4.79 Å². The number of amides is 1. The van der Waals surface area contributed by atoms with Crippen LogP contribution < -0.4 is 4.74 Å². The largest absolute Gasteiger partial charge is 0.488 e. The Morgan fingerprint density at radius 2 is 2.06 bits per heavy atom. The molecule has 1 saturated heterocycles. The molecule has 0 bridgehead atoms. The molecule has 1 aromatic rings. The van der Waals surface area contributed by atoms with E-state index >= 15 is 0 Å². The first-order chi connectivity index (χ1) is 8.56. The van der Waals surface area contributed by atoms with Crippen LogP contribution in [-0.4, -0.2) is 46.5 Å². The molecule has 1 aromatic carbocycles. The SMILES string of the molecule is O=C(O)N1CCC(Oc2ccc(Br)cc2)C(O)C1. The van der Waals surface area contributed by atoms with Gasteiger partial charge in [-0.25, -0.2) is 4.79 Å². The van der Waals surface area contributed by atoms with E-state index in [0.717, 1.165) is 4.47 Å². The summed E-state index contributed by atoms with van der Waals surface area (Å²) in [5.74, 6) is 0.672. The summed E-state index contributed by atoms with van der Waals surface area (Å²) in [6.45, 7) is 0.476. The van der Waals surface area contributed by atoms with Gasteiger partial charge in [-0.2, -0.15) is 0 Å². The number of aliphatic hydroxyl groups excluding tert-OH is 1. The molecule has 18 heavy (non-hydrogen) atoms. The summed E-state index contributed by atoms with van der Waals surface area (Å²) in [6, 6.07) is 7.32. The number of halogens is 1. The van der Waals surface area contributed by atoms with E-state index in [1.807, 2.05) is 12.1 Å². The van der Waals surface area contributed by atoms with E-state index in [1.165, 1.54) is 4.90 Å². The standard InChI is InChI=1S/C12H14BrNO4/c13-8-1-3-9(4-2-8)18-11-5-6-14(12(16)17)7-10(11)15/h1-4,10-11,15H,5-7H2,(H,16,17).